The summed E-state index contributed by atoms with van der Waals surface area (Å²) in [5.41, 5.74) is 7.71. The molecule has 0 amide bonds. The quantitative estimate of drug-likeness (QED) is 0.0771. The first-order valence-electron chi connectivity index (χ1n) is 20.5. The van der Waals surface area contributed by atoms with E-state index in [0.717, 1.165) is 39.0 Å². The van der Waals surface area contributed by atoms with E-state index in [1.54, 1.807) is 0 Å². The Kier molecular flexibility index (Phi) is 11.6. The predicted molar refractivity (Wildman–Crippen MR) is 236 cm³/mol. The lowest BCUT2D eigenvalue weighted by atomic mass is 9.77. The fraction of sp³-hybridized carbons (Fsp3) is 0.173. The van der Waals surface area contributed by atoms with Crippen LogP contribution in [0.4, 0.5) is 5.95 Å². The second-order valence-corrected chi connectivity index (χ2v) is 15.2. The molecule has 0 unspecified atom stereocenters. The van der Waals surface area contributed by atoms with Crippen LogP contribution in [0.1, 0.15) is 45.8 Å². The number of ether oxygens (including phenoxy) is 3. The molecule has 1 saturated carbocycles. The van der Waals surface area contributed by atoms with E-state index in [1.165, 1.54) is 0 Å². The summed E-state index contributed by atoms with van der Waals surface area (Å²) in [5.74, 6) is 0.721. The number of nitrogens with one attached hydrogen (secondary N) is 1. The Balaban J connectivity index is 1.12. The highest BCUT2D eigenvalue weighted by Crippen LogP contribution is 2.44. The maximum absolute atomic E-state index is 6.72. The third-order valence-electron chi connectivity index (χ3n) is 11.4. The van der Waals surface area contributed by atoms with E-state index < -0.39 is 5.54 Å². The van der Waals surface area contributed by atoms with Crippen molar-refractivity contribution >= 4 is 17.1 Å². The van der Waals surface area contributed by atoms with Gasteiger partial charge in [0.15, 0.2) is 11.2 Å². The topological polar surface area (TPSA) is 83.3 Å². The fourth-order valence-corrected chi connectivity index (χ4v) is 8.32. The Labute approximate surface area is 351 Å². The lowest BCUT2D eigenvalue weighted by Crippen LogP contribution is -2.38. The molecule has 0 aliphatic heterocycles. The first kappa shape index (κ1) is 38.6. The molecule has 8 heteroatoms. The number of benzene rings is 6. The van der Waals surface area contributed by atoms with Crippen molar-refractivity contribution in [3.63, 3.8) is 0 Å². The summed E-state index contributed by atoms with van der Waals surface area (Å²) in [6.45, 7) is 6.48. The summed E-state index contributed by atoms with van der Waals surface area (Å²) in [4.78, 5) is 15.4. The summed E-state index contributed by atoms with van der Waals surface area (Å²) >= 11 is 0. The standard InChI is InChI=1S/C52H47N5O3/c1-38-45(36-58-33-39-20-8-2-9-21-39)47(59-34-40-22-10-3-11-23-40)32-46(38)57-37-53-48-49(57)54-51(55-50(48)60-35-41-24-12-4-13-25-41)56-52(42-26-14-5-15-27-42,43-28-16-6-17-29-43)44-30-18-7-19-31-44/h2-31,37,45-47H,1,32-36H2,(H,54,55,56)/t45-,46+,47+/m1/s1. The Hall–Kier alpha value is -6.87. The molecule has 0 bridgehead atoms. The van der Waals surface area contributed by atoms with Gasteiger partial charge in [0.25, 0.3) is 0 Å². The number of hydrogen-bond donors (Lipinski definition) is 1. The van der Waals surface area contributed by atoms with Crippen LogP contribution in [0, 0.1) is 5.92 Å². The van der Waals surface area contributed by atoms with Gasteiger partial charge in [-0.25, -0.2) is 4.98 Å². The first-order chi connectivity index (χ1) is 29.7. The van der Waals surface area contributed by atoms with Crippen molar-refractivity contribution in [3.05, 3.63) is 234 Å². The molecule has 298 valence electrons. The van der Waals surface area contributed by atoms with E-state index in [2.05, 4.69) is 107 Å². The Morgan fingerprint density at radius 2 is 1.08 bits per heavy atom. The van der Waals surface area contributed by atoms with Crippen molar-refractivity contribution in [1.82, 2.24) is 19.5 Å². The molecule has 1 aliphatic rings. The molecule has 60 heavy (non-hydrogen) atoms. The van der Waals surface area contributed by atoms with Crippen molar-refractivity contribution in [3.8, 4) is 5.88 Å². The number of anilines is 1. The Bertz CT molecular complexity index is 2510. The van der Waals surface area contributed by atoms with Crippen molar-refractivity contribution in [2.24, 2.45) is 5.92 Å². The maximum Gasteiger partial charge on any atom is 0.247 e. The number of fused-ring (bicyclic) bond motifs is 1. The number of hydrogen-bond acceptors (Lipinski definition) is 7. The average molecular weight is 790 g/mol. The number of aromatic nitrogens is 4. The minimum Gasteiger partial charge on any atom is -0.471 e. The van der Waals surface area contributed by atoms with Crippen LogP contribution in [-0.4, -0.2) is 32.2 Å². The normalized spacial score (nSPS) is 16.5. The van der Waals surface area contributed by atoms with Gasteiger partial charge in [0.05, 0.1) is 38.3 Å². The van der Waals surface area contributed by atoms with Crippen LogP contribution >= 0.6 is 0 Å². The average Bonchev–Trinajstić information content (AvgIpc) is 3.88. The molecular formula is C52H47N5O3. The van der Waals surface area contributed by atoms with E-state index in [9.17, 15) is 0 Å². The van der Waals surface area contributed by atoms with E-state index >= 15 is 0 Å². The predicted octanol–water partition coefficient (Wildman–Crippen LogP) is 10.7. The van der Waals surface area contributed by atoms with Crippen LogP contribution < -0.4 is 10.1 Å². The Morgan fingerprint density at radius 1 is 0.600 bits per heavy atom. The van der Waals surface area contributed by atoms with E-state index in [1.807, 2.05) is 91.3 Å². The minimum absolute atomic E-state index is 0.0602. The van der Waals surface area contributed by atoms with Crippen molar-refractivity contribution in [2.45, 2.75) is 43.9 Å². The number of nitrogens with zero attached hydrogens (tertiary/aromatic N) is 4. The maximum atomic E-state index is 6.72. The molecule has 0 spiro atoms. The molecule has 1 aliphatic carbocycles. The molecular weight excluding hydrogens is 743 g/mol. The lowest BCUT2D eigenvalue weighted by molar-refractivity contribution is -0.0122. The van der Waals surface area contributed by atoms with E-state index in [-0.39, 0.29) is 18.1 Å². The van der Waals surface area contributed by atoms with Gasteiger partial charge in [-0.1, -0.05) is 189 Å². The molecule has 2 heterocycles. The summed E-state index contributed by atoms with van der Waals surface area (Å²) in [6, 6.07) is 61.8. The summed E-state index contributed by atoms with van der Waals surface area (Å²) in [5, 5.41) is 3.88. The van der Waals surface area contributed by atoms with E-state index in [0.29, 0.717) is 55.8 Å². The highest BCUT2D eigenvalue weighted by Gasteiger charge is 2.41. The van der Waals surface area contributed by atoms with Crippen molar-refractivity contribution in [1.29, 1.82) is 0 Å². The zero-order valence-corrected chi connectivity index (χ0v) is 33.4. The minimum atomic E-state index is -0.868. The molecule has 1 fully saturated rings. The van der Waals surface area contributed by atoms with Crippen molar-refractivity contribution in [2.75, 3.05) is 11.9 Å². The molecule has 9 rings (SSSR count). The molecule has 1 N–H and O–H groups in total. The zero-order valence-electron chi connectivity index (χ0n) is 33.4. The Morgan fingerprint density at radius 3 is 1.62 bits per heavy atom. The smallest absolute Gasteiger partial charge is 0.247 e. The number of imidazole rings is 1. The molecule has 0 radical (unpaired) electrons. The van der Waals surface area contributed by atoms with Gasteiger partial charge < -0.3 is 24.1 Å². The number of rotatable bonds is 16. The van der Waals surface area contributed by atoms with Gasteiger partial charge in [-0.05, 0) is 45.4 Å². The largest absolute Gasteiger partial charge is 0.471 e. The summed E-state index contributed by atoms with van der Waals surface area (Å²) in [7, 11) is 0. The zero-order chi connectivity index (χ0) is 40.6. The third kappa shape index (κ3) is 8.21. The van der Waals surface area contributed by atoms with E-state index in [4.69, 9.17) is 35.7 Å². The fourth-order valence-electron chi connectivity index (χ4n) is 8.32. The summed E-state index contributed by atoms with van der Waals surface area (Å²) in [6.07, 6.45) is 2.37. The second-order valence-electron chi connectivity index (χ2n) is 15.2. The lowest BCUT2D eigenvalue weighted by Gasteiger charge is -2.37. The molecule has 0 saturated heterocycles. The molecule has 8 nitrogen and oxygen atoms in total. The molecule has 3 atom stereocenters. The molecule has 8 aromatic rings. The SMILES string of the molecule is C=C1[C@@H](COCc2ccccc2)[C@@H](OCc2ccccc2)C[C@@H]1n1cnc2c(OCc3ccccc3)nc(NC(c3ccccc3)(c3ccccc3)c3ccccc3)nc21. The third-order valence-corrected chi connectivity index (χ3v) is 11.4. The van der Waals surface area contributed by atoms with Gasteiger partial charge in [0.1, 0.15) is 12.1 Å². The van der Waals surface area contributed by atoms with Crippen LogP contribution in [0.25, 0.3) is 11.2 Å². The summed E-state index contributed by atoms with van der Waals surface area (Å²) < 4.78 is 21.8. The van der Waals surface area contributed by atoms with Gasteiger partial charge in [-0.2, -0.15) is 9.97 Å². The molecule has 2 aromatic heterocycles. The highest BCUT2D eigenvalue weighted by atomic mass is 16.5. The van der Waals surface area contributed by atoms with Crippen LogP contribution in [0.2, 0.25) is 0 Å². The van der Waals surface area contributed by atoms with Crippen LogP contribution in [0.3, 0.4) is 0 Å². The van der Waals surface area contributed by atoms with Gasteiger partial charge in [0.2, 0.25) is 11.8 Å². The van der Waals surface area contributed by atoms with Crippen LogP contribution in [-0.2, 0) is 34.8 Å². The first-order valence-corrected chi connectivity index (χ1v) is 20.5. The highest BCUT2D eigenvalue weighted by molar-refractivity contribution is 5.78. The van der Waals surface area contributed by atoms with Gasteiger partial charge in [-0.3, -0.25) is 0 Å². The molecule has 6 aromatic carbocycles. The second kappa shape index (κ2) is 18.0. The van der Waals surface area contributed by atoms with Crippen molar-refractivity contribution < 1.29 is 14.2 Å². The van der Waals surface area contributed by atoms with Crippen LogP contribution in [0.5, 0.6) is 5.88 Å². The van der Waals surface area contributed by atoms with Crippen LogP contribution in [0.15, 0.2) is 200 Å². The van der Waals surface area contributed by atoms with Gasteiger partial charge in [-0.15, -0.1) is 0 Å². The monoisotopic (exact) mass is 789 g/mol. The van der Waals surface area contributed by atoms with Gasteiger partial charge in [0, 0.05) is 5.92 Å². The van der Waals surface area contributed by atoms with Gasteiger partial charge >= 0.3 is 0 Å².